The number of fused-ring (bicyclic) bond motifs is 2. The fourth-order valence-electron chi connectivity index (χ4n) is 6.20. The topological polar surface area (TPSA) is 133 Å². The van der Waals surface area contributed by atoms with E-state index >= 15 is 0 Å². The summed E-state index contributed by atoms with van der Waals surface area (Å²) < 4.78 is 7.51. The summed E-state index contributed by atoms with van der Waals surface area (Å²) in [4.78, 5) is 46.7. The van der Waals surface area contributed by atoms with Crippen LogP contribution in [-0.2, 0) is 16.1 Å². The predicted molar refractivity (Wildman–Crippen MR) is 172 cm³/mol. The number of morpholine rings is 1. The number of likely N-dealkylation sites (tertiary alicyclic amines) is 1. The summed E-state index contributed by atoms with van der Waals surface area (Å²) in [6.07, 6.45) is 8.45. The van der Waals surface area contributed by atoms with Crippen LogP contribution in [-0.4, -0.2) is 86.5 Å². The third kappa shape index (κ3) is 6.15. The lowest BCUT2D eigenvalue weighted by Crippen LogP contribution is -2.47. The SMILES string of the molecule is C=CC(=O)N[C@@H]1CCCN(Cc2cc(C(=O)Nc3ccc(-c4cc5c(N6CCOCC6)ncnc5[nH]4)cc3)cc3nccn23)C1. The molecule has 4 aromatic heterocycles. The highest BCUT2D eigenvalue weighted by Gasteiger charge is 2.23. The average Bonchev–Trinajstić information content (AvgIpc) is 3.73. The number of nitrogens with one attached hydrogen (secondary N) is 3. The van der Waals surface area contributed by atoms with Gasteiger partial charge in [0.25, 0.3) is 5.91 Å². The fourth-order valence-corrected chi connectivity index (χ4v) is 6.20. The quantitative estimate of drug-likeness (QED) is 0.229. The van der Waals surface area contributed by atoms with Gasteiger partial charge in [0.05, 0.1) is 18.6 Å². The lowest BCUT2D eigenvalue weighted by molar-refractivity contribution is -0.117. The molecule has 2 saturated heterocycles. The molecule has 12 nitrogen and oxygen atoms in total. The number of aromatic amines is 1. The van der Waals surface area contributed by atoms with Gasteiger partial charge < -0.3 is 29.7 Å². The van der Waals surface area contributed by atoms with Crippen LogP contribution >= 0.6 is 0 Å². The number of carbonyl (C=O) groups excluding carboxylic acids is 2. The van der Waals surface area contributed by atoms with Crippen LogP contribution in [0.15, 0.2) is 73.8 Å². The van der Waals surface area contributed by atoms with Gasteiger partial charge in [-0.1, -0.05) is 18.7 Å². The minimum absolute atomic E-state index is 0.0705. The summed E-state index contributed by atoms with van der Waals surface area (Å²) in [5, 5.41) is 7.03. The van der Waals surface area contributed by atoms with E-state index in [4.69, 9.17) is 4.74 Å². The molecule has 0 radical (unpaired) electrons. The molecule has 2 aliphatic heterocycles. The van der Waals surface area contributed by atoms with Crippen molar-refractivity contribution in [2.45, 2.75) is 25.4 Å². The zero-order valence-corrected chi connectivity index (χ0v) is 24.9. The van der Waals surface area contributed by atoms with Crippen LogP contribution in [0.5, 0.6) is 0 Å². The van der Waals surface area contributed by atoms with Crippen LogP contribution in [0, 0.1) is 0 Å². The van der Waals surface area contributed by atoms with Crippen molar-refractivity contribution < 1.29 is 14.3 Å². The van der Waals surface area contributed by atoms with Gasteiger partial charge in [-0.05, 0) is 61.4 Å². The summed E-state index contributed by atoms with van der Waals surface area (Å²) in [7, 11) is 0. The van der Waals surface area contributed by atoms with Gasteiger partial charge in [0.15, 0.2) is 0 Å². The second kappa shape index (κ2) is 12.5. The molecule has 12 heteroatoms. The summed E-state index contributed by atoms with van der Waals surface area (Å²) >= 11 is 0. The first-order valence-electron chi connectivity index (χ1n) is 15.2. The molecule has 45 heavy (non-hydrogen) atoms. The van der Waals surface area contributed by atoms with Gasteiger partial charge in [0, 0.05) is 67.3 Å². The molecule has 0 aliphatic carbocycles. The number of benzene rings is 1. The van der Waals surface area contributed by atoms with Crippen LogP contribution < -0.4 is 15.5 Å². The predicted octanol–water partition coefficient (Wildman–Crippen LogP) is 3.63. The lowest BCUT2D eigenvalue weighted by atomic mass is 10.0. The Bertz CT molecular complexity index is 1860. The molecule has 230 valence electrons. The Labute approximate surface area is 260 Å². The van der Waals surface area contributed by atoms with E-state index in [-0.39, 0.29) is 17.9 Å². The monoisotopic (exact) mass is 605 g/mol. The van der Waals surface area contributed by atoms with E-state index in [1.807, 2.05) is 40.9 Å². The Kier molecular flexibility index (Phi) is 7.97. The van der Waals surface area contributed by atoms with E-state index in [0.29, 0.717) is 36.7 Å². The van der Waals surface area contributed by atoms with Crippen molar-refractivity contribution in [2.75, 3.05) is 49.6 Å². The summed E-state index contributed by atoms with van der Waals surface area (Å²) in [6, 6.07) is 13.6. The van der Waals surface area contributed by atoms with Crippen molar-refractivity contribution in [3.05, 3.63) is 85.1 Å². The number of pyridine rings is 1. The number of imidazole rings is 1. The number of amides is 2. The molecule has 0 spiro atoms. The number of hydrogen-bond donors (Lipinski definition) is 3. The molecular weight excluding hydrogens is 570 g/mol. The molecule has 1 aromatic carbocycles. The van der Waals surface area contributed by atoms with Gasteiger partial charge in [-0.15, -0.1) is 0 Å². The second-order valence-corrected chi connectivity index (χ2v) is 11.5. The van der Waals surface area contributed by atoms with E-state index in [9.17, 15) is 9.59 Å². The highest BCUT2D eigenvalue weighted by atomic mass is 16.5. The molecule has 5 aromatic rings. The first-order chi connectivity index (χ1) is 22.0. The van der Waals surface area contributed by atoms with E-state index in [1.54, 1.807) is 18.6 Å². The molecule has 3 N–H and O–H groups in total. The van der Waals surface area contributed by atoms with Crippen LogP contribution in [0.2, 0.25) is 0 Å². The summed E-state index contributed by atoms with van der Waals surface area (Å²) in [5.41, 5.74) is 5.58. The van der Waals surface area contributed by atoms with Crippen molar-refractivity contribution in [3.8, 4) is 11.3 Å². The zero-order valence-electron chi connectivity index (χ0n) is 24.9. The maximum absolute atomic E-state index is 13.4. The Morgan fingerprint density at radius 1 is 1.07 bits per heavy atom. The molecule has 0 saturated carbocycles. The number of rotatable bonds is 8. The highest BCUT2D eigenvalue weighted by Crippen LogP contribution is 2.30. The Balaban J connectivity index is 1.06. The van der Waals surface area contributed by atoms with E-state index in [1.165, 1.54) is 6.08 Å². The molecule has 2 fully saturated rings. The molecule has 7 rings (SSSR count). The molecule has 1 atom stereocenters. The normalized spacial score (nSPS) is 17.4. The van der Waals surface area contributed by atoms with Crippen molar-refractivity contribution in [1.82, 2.24) is 34.6 Å². The number of carbonyl (C=O) groups is 2. The zero-order chi connectivity index (χ0) is 30.8. The Morgan fingerprint density at radius 2 is 1.91 bits per heavy atom. The van der Waals surface area contributed by atoms with E-state index < -0.39 is 0 Å². The van der Waals surface area contributed by atoms with Gasteiger partial charge in [-0.25, -0.2) is 15.0 Å². The van der Waals surface area contributed by atoms with E-state index in [2.05, 4.69) is 53.0 Å². The minimum atomic E-state index is -0.208. The fraction of sp³-hybridized carbons (Fsp3) is 0.303. The number of anilines is 2. The van der Waals surface area contributed by atoms with Crippen molar-refractivity contribution in [1.29, 1.82) is 0 Å². The third-order valence-electron chi connectivity index (χ3n) is 8.44. The number of nitrogens with zero attached hydrogens (tertiary/aromatic N) is 6. The minimum Gasteiger partial charge on any atom is -0.378 e. The largest absolute Gasteiger partial charge is 0.378 e. The van der Waals surface area contributed by atoms with Crippen molar-refractivity contribution in [3.63, 3.8) is 0 Å². The number of aromatic nitrogens is 5. The van der Waals surface area contributed by atoms with Gasteiger partial charge in [-0.3, -0.25) is 14.5 Å². The average molecular weight is 606 g/mol. The standard InChI is InChI=1S/C33H35N9O3/c1-2-30(43)37-25-4-3-10-40(19-25)20-26-16-23(17-29-34-9-11-42(26)29)33(44)38-24-7-5-22(6-8-24)28-18-27-31(39-28)35-21-36-32(27)41-12-14-45-15-13-41/h2,5-9,11,16-18,21,25H,1,3-4,10,12-15,19-20H2,(H,37,43)(H,38,44)(H,35,36,39)/t25-/m1/s1. The Hall–Kier alpha value is -5.07. The van der Waals surface area contributed by atoms with Gasteiger partial charge in [0.1, 0.15) is 23.4 Å². The molecule has 0 bridgehead atoms. The number of hydrogen-bond acceptors (Lipinski definition) is 8. The van der Waals surface area contributed by atoms with Crippen LogP contribution in [0.4, 0.5) is 11.5 Å². The van der Waals surface area contributed by atoms with E-state index in [0.717, 1.165) is 72.8 Å². The number of piperidine rings is 1. The van der Waals surface area contributed by atoms with Crippen molar-refractivity contribution in [2.24, 2.45) is 0 Å². The molecule has 2 amide bonds. The maximum atomic E-state index is 13.4. The second-order valence-electron chi connectivity index (χ2n) is 11.5. The van der Waals surface area contributed by atoms with Crippen LogP contribution in [0.25, 0.3) is 27.9 Å². The summed E-state index contributed by atoms with van der Waals surface area (Å²) in [5.74, 6) is 0.544. The van der Waals surface area contributed by atoms with Crippen molar-refractivity contribution >= 4 is 40.0 Å². The first kappa shape index (κ1) is 28.7. The molecule has 6 heterocycles. The molecular formula is C33H35N9O3. The van der Waals surface area contributed by atoms with Gasteiger partial charge in [-0.2, -0.15) is 0 Å². The lowest BCUT2D eigenvalue weighted by Gasteiger charge is -2.33. The maximum Gasteiger partial charge on any atom is 0.255 e. The van der Waals surface area contributed by atoms with Crippen LogP contribution in [0.3, 0.4) is 0 Å². The first-order valence-corrected chi connectivity index (χ1v) is 15.2. The Morgan fingerprint density at radius 3 is 2.73 bits per heavy atom. The van der Waals surface area contributed by atoms with Gasteiger partial charge in [0.2, 0.25) is 5.91 Å². The van der Waals surface area contributed by atoms with Gasteiger partial charge >= 0.3 is 0 Å². The number of ether oxygens (including phenoxy) is 1. The number of H-pyrrole nitrogens is 1. The summed E-state index contributed by atoms with van der Waals surface area (Å²) in [6.45, 7) is 8.79. The smallest absolute Gasteiger partial charge is 0.255 e. The van der Waals surface area contributed by atoms with Crippen LogP contribution in [0.1, 0.15) is 28.9 Å². The molecule has 2 aliphatic rings. The third-order valence-corrected chi connectivity index (χ3v) is 8.44. The molecule has 0 unspecified atom stereocenters. The highest BCUT2D eigenvalue weighted by molar-refractivity contribution is 6.05.